The highest BCUT2D eigenvalue weighted by molar-refractivity contribution is 5.27. The lowest BCUT2D eigenvalue weighted by Gasteiger charge is -2.16. The number of alkyl halides is 3. The van der Waals surface area contributed by atoms with E-state index in [0.29, 0.717) is 5.56 Å². The second-order valence-corrected chi connectivity index (χ2v) is 3.50. The third kappa shape index (κ3) is 2.94. The fraction of sp³-hybridized carbons (Fsp3) is 0.400. The first kappa shape index (κ1) is 12.0. The van der Waals surface area contributed by atoms with Crippen LogP contribution in [-0.4, -0.2) is 6.04 Å². The van der Waals surface area contributed by atoms with Crippen LogP contribution in [0.2, 0.25) is 0 Å². The van der Waals surface area contributed by atoms with E-state index < -0.39 is 17.8 Å². The van der Waals surface area contributed by atoms with Crippen molar-refractivity contribution < 1.29 is 13.2 Å². The Balaban J connectivity index is 2.91. The van der Waals surface area contributed by atoms with Crippen molar-refractivity contribution in [1.82, 2.24) is 0 Å². The van der Waals surface area contributed by atoms with Crippen LogP contribution in [0.25, 0.3) is 0 Å². The highest BCUT2D eigenvalue weighted by Crippen LogP contribution is 2.29. The molecule has 0 fully saturated rings. The summed E-state index contributed by atoms with van der Waals surface area (Å²) in [5.41, 5.74) is 11.2. The highest BCUT2D eigenvalue weighted by Gasteiger charge is 2.30. The standard InChI is InChI=1S/C10H13F3N2/c1-6(14)9(15)7-2-4-8(5-3-7)10(11,12)13/h2-6,9H,14-15H2,1H3. The van der Waals surface area contributed by atoms with Gasteiger partial charge in [0.05, 0.1) is 5.56 Å². The smallest absolute Gasteiger partial charge is 0.326 e. The van der Waals surface area contributed by atoms with Gasteiger partial charge in [-0.15, -0.1) is 0 Å². The quantitative estimate of drug-likeness (QED) is 0.798. The summed E-state index contributed by atoms with van der Waals surface area (Å²) in [6.45, 7) is 1.71. The fourth-order valence-corrected chi connectivity index (χ4v) is 1.20. The third-order valence-corrected chi connectivity index (χ3v) is 2.19. The molecule has 0 saturated carbocycles. The first-order chi connectivity index (χ1) is 6.82. The maximum Gasteiger partial charge on any atom is 0.416 e. The van der Waals surface area contributed by atoms with Gasteiger partial charge in [-0.05, 0) is 24.6 Å². The van der Waals surface area contributed by atoms with Crippen molar-refractivity contribution in [2.75, 3.05) is 0 Å². The minimum absolute atomic E-state index is 0.290. The number of hydrogen-bond acceptors (Lipinski definition) is 2. The molecule has 1 aromatic rings. The molecule has 0 aliphatic heterocycles. The Bertz CT molecular complexity index is 316. The average Bonchev–Trinajstić information content (AvgIpc) is 2.15. The largest absolute Gasteiger partial charge is 0.416 e. The Morgan fingerprint density at radius 1 is 1.07 bits per heavy atom. The van der Waals surface area contributed by atoms with Crippen molar-refractivity contribution in [1.29, 1.82) is 0 Å². The number of halogens is 3. The summed E-state index contributed by atoms with van der Waals surface area (Å²) in [5, 5.41) is 0. The molecule has 84 valence electrons. The minimum Gasteiger partial charge on any atom is -0.326 e. The molecule has 2 unspecified atom stereocenters. The molecule has 0 aliphatic carbocycles. The van der Waals surface area contributed by atoms with Crippen molar-refractivity contribution >= 4 is 0 Å². The molecule has 0 amide bonds. The van der Waals surface area contributed by atoms with Crippen LogP contribution in [0.15, 0.2) is 24.3 Å². The van der Waals surface area contributed by atoms with Crippen LogP contribution in [0.5, 0.6) is 0 Å². The Labute approximate surface area is 86.1 Å². The van der Waals surface area contributed by atoms with Gasteiger partial charge in [0.15, 0.2) is 0 Å². The zero-order chi connectivity index (χ0) is 11.6. The normalized spacial score (nSPS) is 16.1. The van der Waals surface area contributed by atoms with E-state index in [1.165, 1.54) is 12.1 Å². The summed E-state index contributed by atoms with van der Waals surface area (Å²) < 4.78 is 36.7. The Hall–Kier alpha value is -1.07. The summed E-state index contributed by atoms with van der Waals surface area (Å²) in [4.78, 5) is 0. The molecule has 2 atom stereocenters. The molecule has 15 heavy (non-hydrogen) atoms. The SMILES string of the molecule is CC(N)C(N)c1ccc(C(F)(F)F)cc1. The monoisotopic (exact) mass is 218 g/mol. The maximum absolute atomic E-state index is 12.2. The van der Waals surface area contributed by atoms with Crippen LogP contribution in [0.1, 0.15) is 24.1 Å². The molecule has 0 bridgehead atoms. The van der Waals surface area contributed by atoms with Gasteiger partial charge in [0.2, 0.25) is 0 Å². The number of hydrogen-bond donors (Lipinski definition) is 2. The molecule has 0 heterocycles. The lowest BCUT2D eigenvalue weighted by Crippen LogP contribution is -2.31. The van der Waals surface area contributed by atoms with Crippen molar-refractivity contribution in [2.45, 2.75) is 25.2 Å². The average molecular weight is 218 g/mol. The van der Waals surface area contributed by atoms with Gasteiger partial charge in [-0.3, -0.25) is 0 Å². The van der Waals surface area contributed by atoms with Gasteiger partial charge in [0.25, 0.3) is 0 Å². The Kier molecular flexibility index (Phi) is 3.36. The minimum atomic E-state index is -4.31. The lowest BCUT2D eigenvalue weighted by molar-refractivity contribution is -0.137. The molecule has 5 heteroatoms. The summed E-state index contributed by atoms with van der Waals surface area (Å²) in [7, 11) is 0. The molecule has 1 aromatic carbocycles. The predicted octanol–water partition coefficient (Wildman–Crippen LogP) is 2.05. The van der Waals surface area contributed by atoms with Crippen molar-refractivity contribution in [3.63, 3.8) is 0 Å². The lowest BCUT2D eigenvalue weighted by atomic mass is 10.0. The van der Waals surface area contributed by atoms with E-state index in [1.54, 1.807) is 6.92 Å². The molecular weight excluding hydrogens is 205 g/mol. The van der Waals surface area contributed by atoms with Crippen molar-refractivity contribution in [3.8, 4) is 0 Å². The van der Waals surface area contributed by atoms with Crippen molar-refractivity contribution in [3.05, 3.63) is 35.4 Å². The van der Waals surface area contributed by atoms with Crippen LogP contribution in [-0.2, 0) is 6.18 Å². The van der Waals surface area contributed by atoms with Crippen molar-refractivity contribution in [2.24, 2.45) is 11.5 Å². The summed E-state index contributed by atoms with van der Waals surface area (Å²) in [6, 6.07) is 4.01. The van der Waals surface area contributed by atoms with Crippen LogP contribution in [0.4, 0.5) is 13.2 Å². The van der Waals surface area contributed by atoms with Gasteiger partial charge in [-0.2, -0.15) is 13.2 Å². The predicted molar refractivity (Wildman–Crippen MR) is 52.0 cm³/mol. The Morgan fingerprint density at radius 3 is 1.87 bits per heavy atom. The number of nitrogens with two attached hydrogens (primary N) is 2. The summed E-state index contributed by atoms with van der Waals surface area (Å²) in [5.74, 6) is 0. The van der Waals surface area contributed by atoms with Gasteiger partial charge >= 0.3 is 6.18 Å². The topological polar surface area (TPSA) is 52.0 Å². The van der Waals surface area contributed by atoms with E-state index in [4.69, 9.17) is 11.5 Å². The van der Waals surface area contributed by atoms with Gasteiger partial charge in [0.1, 0.15) is 0 Å². The van der Waals surface area contributed by atoms with Crippen LogP contribution < -0.4 is 11.5 Å². The van der Waals surface area contributed by atoms with E-state index in [2.05, 4.69) is 0 Å². The molecular formula is C10H13F3N2. The number of rotatable bonds is 2. The second kappa shape index (κ2) is 4.20. The molecule has 0 saturated heterocycles. The van der Waals surface area contributed by atoms with Crippen LogP contribution in [0.3, 0.4) is 0 Å². The molecule has 0 radical (unpaired) electrons. The number of benzene rings is 1. The van der Waals surface area contributed by atoms with E-state index in [1.807, 2.05) is 0 Å². The van der Waals surface area contributed by atoms with Gasteiger partial charge < -0.3 is 11.5 Å². The molecule has 2 nitrogen and oxygen atoms in total. The van der Waals surface area contributed by atoms with Gasteiger partial charge in [-0.1, -0.05) is 12.1 Å². The van der Waals surface area contributed by atoms with E-state index in [9.17, 15) is 13.2 Å². The zero-order valence-corrected chi connectivity index (χ0v) is 8.25. The summed E-state index contributed by atoms with van der Waals surface area (Å²) in [6.07, 6.45) is -4.31. The molecule has 0 aliphatic rings. The third-order valence-electron chi connectivity index (χ3n) is 2.19. The molecule has 1 rings (SSSR count). The second-order valence-electron chi connectivity index (χ2n) is 3.50. The van der Waals surface area contributed by atoms with E-state index >= 15 is 0 Å². The molecule has 0 aromatic heterocycles. The Morgan fingerprint density at radius 2 is 1.53 bits per heavy atom. The van der Waals surface area contributed by atoms with Gasteiger partial charge in [0, 0.05) is 12.1 Å². The van der Waals surface area contributed by atoms with Gasteiger partial charge in [-0.25, -0.2) is 0 Å². The van der Waals surface area contributed by atoms with Crippen LogP contribution >= 0.6 is 0 Å². The zero-order valence-electron chi connectivity index (χ0n) is 8.25. The first-order valence-electron chi connectivity index (χ1n) is 4.50. The van der Waals surface area contributed by atoms with E-state index in [-0.39, 0.29) is 6.04 Å². The fourth-order valence-electron chi connectivity index (χ4n) is 1.20. The molecule has 4 N–H and O–H groups in total. The first-order valence-corrected chi connectivity index (χ1v) is 4.50. The molecule has 0 spiro atoms. The summed E-state index contributed by atoms with van der Waals surface area (Å²) >= 11 is 0. The maximum atomic E-state index is 12.2. The highest BCUT2D eigenvalue weighted by atomic mass is 19.4. The van der Waals surface area contributed by atoms with E-state index in [0.717, 1.165) is 12.1 Å². The van der Waals surface area contributed by atoms with Crippen LogP contribution in [0, 0.1) is 0 Å².